The summed E-state index contributed by atoms with van der Waals surface area (Å²) in [7, 11) is 1.60. The number of aromatic amines is 1. The number of para-hydroxylation sites is 1. The molecule has 1 fully saturated rings. The molecule has 0 bridgehead atoms. The van der Waals surface area contributed by atoms with Gasteiger partial charge < -0.3 is 30.4 Å². The zero-order valence-electron chi connectivity index (χ0n) is 23.5. The number of H-pyrrole nitrogens is 1. The number of methoxy groups -OCH3 is 1. The summed E-state index contributed by atoms with van der Waals surface area (Å²) >= 11 is 6.40. The Morgan fingerprint density at radius 1 is 0.977 bits per heavy atom. The highest BCUT2D eigenvalue weighted by Gasteiger charge is 2.26. The number of amides is 2. The van der Waals surface area contributed by atoms with Gasteiger partial charge in [-0.3, -0.25) is 4.79 Å². The number of nitrogens with zero attached hydrogens (tertiary/aromatic N) is 1. The van der Waals surface area contributed by atoms with Crippen LogP contribution in [0.3, 0.4) is 0 Å². The van der Waals surface area contributed by atoms with E-state index in [0.717, 1.165) is 51.9 Å². The van der Waals surface area contributed by atoms with Gasteiger partial charge in [-0.2, -0.15) is 0 Å². The molecule has 1 aliphatic heterocycles. The number of halogens is 1. The van der Waals surface area contributed by atoms with Crippen LogP contribution in [0.1, 0.15) is 34.1 Å². The zero-order valence-corrected chi connectivity index (χ0v) is 24.3. The quantitative estimate of drug-likeness (QED) is 0.185. The summed E-state index contributed by atoms with van der Waals surface area (Å²) < 4.78 is 10.8. The standard InChI is InChI=1S/C34H31ClN4O4/c1-42-31-14-11-25(35)19-28(31)32(30-18-23-5-2-3-8-29(23)37-30)38-33(40)24-7-4-6-22(17-24)21-9-12-26(13-10-21)39-16-15-27(20-39)43-34(36)41/h2-14,17-19,27,32,37H,15-16,20H2,1H3,(H2,36,41)(H,38,40)/t27-,32+/m0/s1. The summed E-state index contributed by atoms with van der Waals surface area (Å²) in [6.45, 7) is 1.38. The minimum absolute atomic E-state index is 0.201. The first-order valence-corrected chi connectivity index (χ1v) is 14.4. The molecule has 2 atom stereocenters. The fraction of sp³-hybridized carbons (Fsp3) is 0.176. The van der Waals surface area contributed by atoms with E-state index in [1.165, 1.54) is 0 Å². The van der Waals surface area contributed by atoms with E-state index >= 15 is 0 Å². The number of fused-ring (bicyclic) bond motifs is 1. The van der Waals surface area contributed by atoms with Crippen molar-refractivity contribution in [2.45, 2.75) is 18.6 Å². The Morgan fingerprint density at radius 3 is 2.56 bits per heavy atom. The normalized spacial score (nSPS) is 15.3. The van der Waals surface area contributed by atoms with Gasteiger partial charge in [-0.05, 0) is 71.1 Å². The molecule has 8 nitrogen and oxygen atoms in total. The number of nitrogens with two attached hydrogens (primary N) is 1. The molecule has 5 aromatic rings. The Bertz CT molecular complexity index is 1750. The highest BCUT2D eigenvalue weighted by Crippen LogP contribution is 2.34. The lowest BCUT2D eigenvalue weighted by Crippen LogP contribution is -2.30. The first-order valence-electron chi connectivity index (χ1n) is 14.0. The van der Waals surface area contributed by atoms with E-state index in [9.17, 15) is 9.59 Å². The molecule has 0 spiro atoms. The van der Waals surface area contributed by atoms with Gasteiger partial charge in [0.1, 0.15) is 11.9 Å². The molecule has 2 heterocycles. The molecule has 9 heteroatoms. The largest absolute Gasteiger partial charge is 0.496 e. The van der Waals surface area contributed by atoms with Gasteiger partial charge >= 0.3 is 6.09 Å². The van der Waals surface area contributed by atoms with Crippen LogP contribution in [0.2, 0.25) is 5.02 Å². The molecular weight excluding hydrogens is 564 g/mol. The Labute approximate surface area is 254 Å². The van der Waals surface area contributed by atoms with Crippen LogP contribution >= 0.6 is 11.6 Å². The number of rotatable bonds is 8. The smallest absolute Gasteiger partial charge is 0.404 e. The van der Waals surface area contributed by atoms with Crippen molar-refractivity contribution in [3.05, 3.63) is 119 Å². The van der Waals surface area contributed by atoms with E-state index in [1.54, 1.807) is 25.3 Å². The van der Waals surface area contributed by atoms with Crippen LogP contribution in [0.4, 0.5) is 10.5 Å². The number of hydrogen-bond donors (Lipinski definition) is 3. The Hall–Kier alpha value is -4.95. The van der Waals surface area contributed by atoms with E-state index in [0.29, 0.717) is 22.9 Å². The van der Waals surface area contributed by atoms with E-state index in [1.807, 2.05) is 78.9 Å². The number of benzene rings is 4. The SMILES string of the molecule is COc1ccc(Cl)cc1[C@@H](NC(=O)c1cccc(-c2ccc(N3CC[C@H](OC(N)=O)C3)cc2)c1)c1cc2ccccc2[nH]1. The summed E-state index contributed by atoms with van der Waals surface area (Å²) in [5, 5.41) is 4.79. The maximum absolute atomic E-state index is 13.8. The van der Waals surface area contributed by atoms with E-state index in [4.69, 9.17) is 26.8 Å². The topological polar surface area (TPSA) is 110 Å². The van der Waals surface area contributed by atoms with Crippen LogP contribution in [-0.2, 0) is 4.74 Å². The summed E-state index contributed by atoms with van der Waals surface area (Å²) in [6.07, 6.45) is -0.208. The highest BCUT2D eigenvalue weighted by atomic mass is 35.5. The third kappa shape index (κ3) is 6.15. The number of ether oxygens (including phenoxy) is 2. The number of anilines is 1. The van der Waals surface area contributed by atoms with Crippen molar-refractivity contribution in [2.75, 3.05) is 25.1 Å². The maximum Gasteiger partial charge on any atom is 0.404 e. The van der Waals surface area contributed by atoms with E-state index in [2.05, 4.69) is 15.2 Å². The van der Waals surface area contributed by atoms with Crippen LogP contribution in [0.5, 0.6) is 5.75 Å². The minimum atomic E-state index is -0.745. The minimum Gasteiger partial charge on any atom is -0.496 e. The average molecular weight is 595 g/mol. The average Bonchev–Trinajstić information content (AvgIpc) is 3.67. The van der Waals surface area contributed by atoms with Gasteiger partial charge in [-0.15, -0.1) is 0 Å². The van der Waals surface area contributed by atoms with Crippen molar-refractivity contribution < 1.29 is 19.1 Å². The van der Waals surface area contributed by atoms with Gasteiger partial charge in [0.15, 0.2) is 0 Å². The van der Waals surface area contributed by atoms with Crippen LogP contribution < -0.4 is 20.7 Å². The lowest BCUT2D eigenvalue weighted by molar-refractivity contribution is 0.0941. The second kappa shape index (κ2) is 12.1. The molecule has 1 aliphatic rings. The van der Waals surface area contributed by atoms with Crippen molar-refractivity contribution in [3.63, 3.8) is 0 Å². The fourth-order valence-corrected chi connectivity index (χ4v) is 5.83. The van der Waals surface area contributed by atoms with Crippen molar-refractivity contribution >= 4 is 40.2 Å². The molecular formula is C34H31ClN4O4. The molecule has 218 valence electrons. The van der Waals surface area contributed by atoms with Crippen molar-refractivity contribution in [2.24, 2.45) is 5.73 Å². The third-order valence-electron chi connectivity index (χ3n) is 7.76. The molecule has 1 aromatic heterocycles. The molecule has 1 saturated heterocycles. The number of aromatic nitrogens is 1. The predicted molar refractivity (Wildman–Crippen MR) is 169 cm³/mol. The molecule has 0 saturated carbocycles. The lowest BCUT2D eigenvalue weighted by Gasteiger charge is -2.21. The third-order valence-corrected chi connectivity index (χ3v) is 7.99. The molecule has 0 aliphatic carbocycles. The van der Waals surface area contributed by atoms with Crippen molar-refractivity contribution in [1.29, 1.82) is 0 Å². The predicted octanol–water partition coefficient (Wildman–Crippen LogP) is 6.69. The van der Waals surface area contributed by atoms with Gasteiger partial charge in [0.05, 0.1) is 19.7 Å². The summed E-state index contributed by atoms with van der Waals surface area (Å²) in [4.78, 5) is 30.5. The van der Waals surface area contributed by atoms with Crippen LogP contribution in [-0.4, -0.2) is 43.3 Å². The highest BCUT2D eigenvalue weighted by molar-refractivity contribution is 6.30. The van der Waals surface area contributed by atoms with Gasteiger partial charge in [0, 0.05) is 46.0 Å². The number of hydrogen-bond acceptors (Lipinski definition) is 5. The molecule has 0 unspecified atom stereocenters. The second-order valence-electron chi connectivity index (χ2n) is 10.5. The second-order valence-corrected chi connectivity index (χ2v) is 11.0. The summed E-state index contributed by atoms with van der Waals surface area (Å²) in [6, 6.07) is 30.5. The molecule has 4 aromatic carbocycles. The number of carbonyl (C=O) groups excluding carboxylic acids is 2. The van der Waals surface area contributed by atoms with Gasteiger partial charge in [0.2, 0.25) is 0 Å². The first-order chi connectivity index (χ1) is 20.9. The fourth-order valence-electron chi connectivity index (χ4n) is 5.65. The molecule has 4 N–H and O–H groups in total. The van der Waals surface area contributed by atoms with Crippen LogP contribution in [0, 0.1) is 0 Å². The Balaban J connectivity index is 1.25. The van der Waals surface area contributed by atoms with E-state index in [-0.39, 0.29) is 12.0 Å². The maximum atomic E-state index is 13.8. The summed E-state index contributed by atoms with van der Waals surface area (Å²) in [5.41, 5.74) is 11.1. The molecule has 6 rings (SSSR count). The molecule has 43 heavy (non-hydrogen) atoms. The summed E-state index contributed by atoms with van der Waals surface area (Å²) in [5.74, 6) is 0.384. The van der Waals surface area contributed by atoms with Gasteiger partial charge in [-0.25, -0.2) is 4.79 Å². The lowest BCUT2D eigenvalue weighted by atomic mass is 10.00. The number of carbonyl (C=O) groups is 2. The van der Waals surface area contributed by atoms with Gasteiger partial charge in [-0.1, -0.05) is 54.1 Å². The molecule has 0 radical (unpaired) electrons. The van der Waals surface area contributed by atoms with Crippen LogP contribution in [0.25, 0.3) is 22.0 Å². The van der Waals surface area contributed by atoms with Gasteiger partial charge in [0.25, 0.3) is 5.91 Å². The Morgan fingerprint density at radius 2 is 1.79 bits per heavy atom. The zero-order chi connectivity index (χ0) is 29.9. The van der Waals surface area contributed by atoms with Crippen molar-refractivity contribution in [3.8, 4) is 16.9 Å². The van der Waals surface area contributed by atoms with E-state index < -0.39 is 12.1 Å². The number of nitrogens with one attached hydrogen (secondary N) is 2. The van der Waals surface area contributed by atoms with Crippen LogP contribution in [0.15, 0.2) is 97.1 Å². The first kappa shape index (κ1) is 28.2. The molecule has 2 amide bonds. The van der Waals surface area contributed by atoms with Crippen molar-refractivity contribution in [1.82, 2.24) is 10.3 Å². The number of primary amides is 1. The monoisotopic (exact) mass is 594 g/mol. The Kier molecular flexibility index (Phi) is 7.94.